The molecule has 1 heterocycles. The lowest BCUT2D eigenvalue weighted by molar-refractivity contribution is 0.0824. The fraction of sp³-hybridized carbons (Fsp3) is 0.857. The van der Waals surface area contributed by atoms with Crippen LogP contribution in [0.25, 0.3) is 0 Å². The van der Waals surface area contributed by atoms with Crippen molar-refractivity contribution < 1.29 is 4.84 Å². The average Bonchev–Trinajstić information content (AvgIpc) is 2.07. The number of nitrogens with one attached hydrogen (secondary N) is 2. The van der Waals surface area contributed by atoms with Crippen LogP contribution in [0.4, 0.5) is 0 Å². The molecule has 0 atom stereocenters. The van der Waals surface area contributed by atoms with E-state index in [1.807, 2.05) is 0 Å². The molecule has 2 N–H and O–H groups in total. The van der Waals surface area contributed by atoms with Crippen LogP contribution in [0.1, 0.15) is 19.8 Å². The van der Waals surface area contributed by atoms with Crippen molar-refractivity contribution in [3.8, 4) is 0 Å². The van der Waals surface area contributed by atoms with Crippen molar-refractivity contribution in [3.63, 3.8) is 0 Å². The van der Waals surface area contributed by atoms with E-state index in [-0.39, 0.29) is 0 Å². The molecular formula is C7H15N3O. The minimum Gasteiger partial charge on any atom is -0.355 e. The van der Waals surface area contributed by atoms with Crippen LogP contribution in [0.5, 0.6) is 0 Å². The van der Waals surface area contributed by atoms with Gasteiger partial charge in [0.1, 0.15) is 0 Å². The zero-order chi connectivity index (χ0) is 7.94. The second-order valence-electron chi connectivity index (χ2n) is 2.46. The largest absolute Gasteiger partial charge is 0.355 e. The lowest BCUT2D eigenvalue weighted by atomic mass is 10.4. The standard InChI is InChI=1S/C7H15N3O/c1-2-6-11-10-7-8-4-3-5-9-7/h2-6H2,1H3,(H2,8,9,10). The van der Waals surface area contributed by atoms with Gasteiger partial charge in [-0.15, -0.1) is 0 Å². The van der Waals surface area contributed by atoms with E-state index in [2.05, 4.69) is 22.7 Å². The lowest BCUT2D eigenvalue weighted by Crippen LogP contribution is -2.40. The predicted octanol–water partition coefficient (Wildman–Crippen LogP) is 0.267. The van der Waals surface area contributed by atoms with Gasteiger partial charge in [-0.2, -0.15) is 0 Å². The molecule has 0 radical (unpaired) electrons. The molecule has 0 saturated heterocycles. The summed E-state index contributed by atoms with van der Waals surface area (Å²) in [5.74, 6) is 0.768. The summed E-state index contributed by atoms with van der Waals surface area (Å²) in [5, 5.41) is 3.09. The van der Waals surface area contributed by atoms with Crippen molar-refractivity contribution >= 4 is 5.96 Å². The van der Waals surface area contributed by atoms with E-state index in [9.17, 15) is 0 Å². The monoisotopic (exact) mass is 157 g/mol. The van der Waals surface area contributed by atoms with E-state index in [0.29, 0.717) is 0 Å². The quantitative estimate of drug-likeness (QED) is 0.456. The van der Waals surface area contributed by atoms with Crippen molar-refractivity contribution in [2.75, 3.05) is 19.7 Å². The van der Waals surface area contributed by atoms with E-state index in [4.69, 9.17) is 4.84 Å². The number of rotatable bonds is 3. The summed E-state index contributed by atoms with van der Waals surface area (Å²) in [6.45, 7) is 4.67. The van der Waals surface area contributed by atoms with Crippen LogP contribution in [0.15, 0.2) is 4.99 Å². The van der Waals surface area contributed by atoms with Gasteiger partial charge in [-0.1, -0.05) is 6.92 Å². The van der Waals surface area contributed by atoms with E-state index < -0.39 is 0 Å². The molecule has 0 amide bonds. The Balaban J connectivity index is 2.09. The number of guanidine groups is 1. The highest BCUT2D eigenvalue weighted by atomic mass is 16.6. The Morgan fingerprint density at radius 2 is 2.64 bits per heavy atom. The smallest absolute Gasteiger partial charge is 0.215 e. The molecule has 0 saturated carbocycles. The number of aliphatic imine (C=N–C) groups is 1. The van der Waals surface area contributed by atoms with Crippen LogP contribution in [0, 0.1) is 0 Å². The molecule has 4 heteroatoms. The third-order valence-electron chi connectivity index (χ3n) is 1.37. The first kappa shape index (κ1) is 8.33. The third kappa shape index (κ3) is 3.23. The minimum absolute atomic E-state index is 0.723. The number of nitrogens with zero attached hydrogens (tertiary/aromatic N) is 1. The summed E-state index contributed by atoms with van der Waals surface area (Å²) in [6, 6.07) is 0. The highest BCUT2D eigenvalue weighted by Crippen LogP contribution is 1.86. The minimum atomic E-state index is 0.723. The molecule has 64 valence electrons. The first-order chi connectivity index (χ1) is 5.43. The second-order valence-corrected chi connectivity index (χ2v) is 2.46. The summed E-state index contributed by atoms with van der Waals surface area (Å²) < 4.78 is 0. The molecule has 0 aromatic heterocycles. The maximum absolute atomic E-state index is 5.08. The number of hydrogen-bond donors (Lipinski definition) is 2. The molecule has 1 aliphatic rings. The summed E-state index contributed by atoms with van der Waals surface area (Å²) in [4.78, 5) is 9.25. The Morgan fingerprint density at radius 3 is 3.27 bits per heavy atom. The molecule has 11 heavy (non-hydrogen) atoms. The topological polar surface area (TPSA) is 45.6 Å². The van der Waals surface area contributed by atoms with Crippen LogP contribution in [0.2, 0.25) is 0 Å². The van der Waals surface area contributed by atoms with Crippen LogP contribution in [0.3, 0.4) is 0 Å². The fourth-order valence-electron chi connectivity index (χ4n) is 0.822. The highest BCUT2D eigenvalue weighted by Gasteiger charge is 2.01. The SMILES string of the molecule is CCCONC1=NCCCN1. The molecular weight excluding hydrogens is 142 g/mol. The zero-order valence-electron chi connectivity index (χ0n) is 6.89. The second kappa shape index (κ2) is 4.96. The summed E-state index contributed by atoms with van der Waals surface area (Å²) in [5.41, 5.74) is 2.76. The van der Waals surface area contributed by atoms with Gasteiger partial charge in [0, 0.05) is 13.1 Å². The van der Waals surface area contributed by atoms with Gasteiger partial charge in [-0.05, 0) is 12.8 Å². The molecule has 0 spiro atoms. The maximum Gasteiger partial charge on any atom is 0.215 e. The average molecular weight is 157 g/mol. The first-order valence-electron chi connectivity index (χ1n) is 4.09. The third-order valence-corrected chi connectivity index (χ3v) is 1.37. The molecule has 0 aromatic rings. The van der Waals surface area contributed by atoms with E-state index in [1.54, 1.807) is 0 Å². The molecule has 4 nitrogen and oxygen atoms in total. The Morgan fingerprint density at radius 1 is 1.73 bits per heavy atom. The van der Waals surface area contributed by atoms with Gasteiger partial charge >= 0.3 is 0 Å². The van der Waals surface area contributed by atoms with Gasteiger partial charge in [-0.25, -0.2) is 5.48 Å². The molecule has 1 rings (SSSR count). The molecule has 0 bridgehead atoms. The Labute approximate surface area is 67.0 Å². The predicted molar refractivity (Wildman–Crippen MR) is 44.3 cm³/mol. The zero-order valence-corrected chi connectivity index (χ0v) is 6.89. The molecule has 0 fully saturated rings. The summed E-state index contributed by atoms with van der Waals surface area (Å²) in [6.07, 6.45) is 2.12. The molecule has 1 aliphatic heterocycles. The van der Waals surface area contributed by atoms with Crippen LogP contribution < -0.4 is 10.8 Å². The highest BCUT2D eigenvalue weighted by molar-refractivity contribution is 5.79. The molecule has 0 aromatic carbocycles. The summed E-state index contributed by atoms with van der Waals surface area (Å²) in [7, 11) is 0. The van der Waals surface area contributed by atoms with E-state index in [0.717, 1.165) is 38.5 Å². The lowest BCUT2D eigenvalue weighted by Gasteiger charge is -2.14. The van der Waals surface area contributed by atoms with Gasteiger partial charge in [0.15, 0.2) is 0 Å². The van der Waals surface area contributed by atoms with Crippen molar-refractivity contribution in [2.24, 2.45) is 4.99 Å². The Bertz CT molecular complexity index is 136. The van der Waals surface area contributed by atoms with E-state index in [1.165, 1.54) is 0 Å². The van der Waals surface area contributed by atoms with Gasteiger partial charge in [0.25, 0.3) is 0 Å². The van der Waals surface area contributed by atoms with Crippen molar-refractivity contribution in [1.82, 2.24) is 10.8 Å². The van der Waals surface area contributed by atoms with Crippen LogP contribution >= 0.6 is 0 Å². The van der Waals surface area contributed by atoms with Crippen LogP contribution in [-0.2, 0) is 4.84 Å². The van der Waals surface area contributed by atoms with Crippen molar-refractivity contribution in [1.29, 1.82) is 0 Å². The normalized spacial score (nSPS) is 17.0. The number of hydrogen-bond acceptors (Lipinski definition) is 4. The van der Waals surface area contributed by atoms with Crippen LogP contribution in [-0.4, -0.2) is 25.7 Å². The van der Waals surface area contributed by atoms with Gasteiger partial charge in [-0.3, -0.25) is 9.83 Å². The maximum atomic E-state index is 5.08. The Hall–Kier alpha value is -0.770. The van der Waals surface area contributed by atoms with Gasteiger partial charge < -0.3 is 5.32 Å². The Kier molecular flexibility index (Phi) is 3.75. The first-order valence-corrected chi connectivity index (χ1v) is 4.09. The van der Waals surface area contributed by atoms with Crippen molar-refractivity contribution in [2.45, 2.75) is 19.8 Å². The molecule has 0 unspecified atom stereocenters. The molecule has 0 aliphatic carbocycles. The van der Waals surface area contributed by atoms with Gasteiger partial charge in [0.05, 0.1) is 6.61 Å². The van der Waals surface area contributed by atoms with Gasteiger partial charge in [0.2, 0.25) is 5.96 Å². The van der Waals surface area contributed by atoms with Crippen molar-refractivity contribution in [3.05, 3.63) is 0 Å². The summed E-state index contributed by atoms with van der Waals surface area (Å²) >= 11 is 0. The number of hydroxylamine groups is 1. The fourth-order valence-corrected chi connectivity index (χ4v) is 0.822. The van der Waals surface area contributed by atoms with E-state index >= 15 is 0 Å².